The minimum atomic E-state index is -0.165. The predicted octanol–water partition coefficient (Wildman–Crippen LogP) is 13.8. The Hall–Kier alpha value is -6.00. The van der Waals surface area contributed by atoms with Crippen LogP contribution in [0.4, 0.5) is 17.2 Å². The second-order valence-corrected chi connectivity index (χ2v) is 16.1. The normalized spacial score (nSPS) is 11.7. The second-order valence-electron chi connectivity index (χ2n) is 16.1. The van der Waals surface area contributed by atoms with E-state index >= 15 is 0 Å². The van der Waals surface area contributed by atoms with Crippen LogP contribution < -0.4 is 4.90 Å². The van der Waals surface area contributed by atoms with Gasteiger partial charge in [-0.05, 0) is 129 Å². The first kappa shape index (κ1) is 37.3. The molecule has 276 valence electrons. The van der Waals surface area contributed by atoms with Gasteiger partial charge in [-0.1, -0.05) is 127 Å². The quantitative estimate of drug-likeness (QED) is 0.153. The third kappa shape index (κ3) is 8.24. The summed E-state index contributed by atoms with van der Waals surface area (Å²) in [5.41, 5.74) is 13.8. The van der Waals surface area contributed by atoms with Crippen LogP contribution in [0.1, 0.15) is 88.1 Å². The van der Waals surface area contributed by atoms with Gasteiger partial charge in [-0.3, -0.25) is 4.90 Å². The van der Waals surface area contributed by atoms with Crippen LogP contribution in [-0.2, 0) is 11.8 Å². The van der Waals surface area contributed by atoms with Crippen molar-refractivity contribution in [2.75, 3.05) is 4.90 Å². The number of nitrogens with zero attached hydrogens (tertiary/aromatic N) is 3. The molecule has 0 unspecified atom stereocenters. The zero-order valence-electron chi connectivity index (χ0n) is 33.1. The molecule has 5 aromatic carbocycles. The Labute approximate surface area is 327 Å². The van der Waals surface area contributed by atoms with E-state index in [0.717, 1.165) is 40.4 Å². The number of pyridine rings is 2. The maximum Gasteiger partial charge on any atom is 0.137 e. The summed E-state index contributed by atoms with van der Waals surface area (Å²) < 4.78 is 0. The molecule has 0 bridgehead atoms. The van der Waals surface area contributed by atoms with Crippen molar-refractivity contribution in [3.63, 3.8) is 0 Å². The van der Waals surface area contributed by atoms with Gasteiger partial charge in [0.15, 0.2) is 0 Å². The second kappa shape index (κ2) is 15.8. The molecule has 0 aliphatic carbocycles. The highest BCUT2D eigenvalue weighted by Crippen LogP contribution is 2.47. The molecule has 0 aliphatic rings. The molecule has 4 nitrogen and oxygen atoms in total. The van der Waals surface area contributed by atoms with Crippen molar-refractivity contribution in [2.24, 2.45) is 0 Å². The van der Waals surface area contributed by atoms with E-state index in [9.17, 15) is 5.11 Å². The number of hydrogen-bond acceptors (Lipinski definition) is 4. The Bertz CT molecular complexity index is 2370. The van der Waals surface area contributed by atoms with Gasteiger partial charge in [-0.15, -0.1) is 0 Å². The predicted molar refractivity (Wildman–Crippen MR) is 231 cm³/mol. The lowest BCUT2D eigenvalue weighted by Crippen LogP contribution is -2.19. The molecule has 0 amide bonds. The van der Waals surface area contributed by atoms with Crippen LogP contribution in [0.5, 0.6) is 5.75 Å². The highest BCUT2D eigenvalue weighted by Gasteiger charge is 2.27. The molecule has 4 heteroatoms. The Morgan fingerprint density at radius 1 is 0.582 bits per heavy atom. The van der Waals surface area contributed by atoms with E-state index in [1.165, 1.54) is 39.1 Å². The molecule has 0 fully saturated rings. The number of anilines is 3. The van der Waals surface area contributed by atoms with Crippen molar-refractivity contribution in [1.29, 1.82) is 0 Å². The van der Waals surface area contributed by atoms with Gasteiger partial charge in [-0.25, -0.2) is 9.97 Å². The fourth-order valence-electron chi connectivity index (χ4n) is 7.30. The Morgan fingerprint density at radius 2 is 1.20 bits per heavy atom. The number of para-hydroxylation sites is 1. The first-order valence-electron chi connectivity index (χ1n) is 19.4. The molecule has 2 heterocycles. The average molecular weight is 722 g/mol. The summed E-state index contributed by atoms with van der Waals surface area (Å²) in [6.07, 6.45) is 2.62. The molecule has 0 atom stereocenters. The molecular weight excluding hydrogens is 671 g/mol. The van der Waals surface area contributed by atoms with Gasteiger partial charge in [0.25, 0.3) is 0 Å². The molecule has 55 heavy (non-hydrogen) atoms. The summed E-state index contributed by atoms with van der Waals surface area (Å²) in [4.78, 5) is 12.7. The standard InChI is InChI=1S/C51H51N3O/c1-34(2)44-31-39(38-20-12-9-13-21-38)32-45(35(3)4)50(44)54(49-24-16-17-25-52-49)42-30-40(29-41(33-42)51(5,6)7)46-27-37(26-36-18-10-8-11-19-36)28-47(53-46)43-22-14-15-23-48(43)55/h8-25,27-35,55H,26H2,1-7H3. The molecule has 2 aromatic heterocycles. The van der Waals surface area contributed by atoms with Gasteiger partial charge in [0.05, 0.1) is 17.1 Å². The Balaban J connectivity index is 1.50. The lowest BCUT2D eigenvalue weighted by Gasteiger charge is -2.33. The van der Waals surface area contributed by atoms with Gasteiger partial charge in [-0.2, -0.15) is 0 Å². The van der Waals surface area contributed by atoms with Crippen LogP contribution in [0.2, 0.25) is 0 Å². The van der Waals surface area contributed by atoms with Gasteiger partial charge in [0.1, 0.15) is 11.6 Å². The average Bonchev–Trinajstić information content (AvgIpc) is 3.18. The fourth-order valence-corrected chi connectivity index (χ4v) is 7.30. The van der Waals surface area contributed by atoms with Crippen molar-refractivity contribution < 1.29 is 5.11 Å². The first-order valence-corrected chi connectivity index (χ1v) is 19.4. The van der Waals surface area contributed by atoms with Crippen LogP contribution in [0.25, 0.3) is 33.6 Å². The van der Waals surface area contributed by atoms with E-state index in [1.54, 1.807) is 6.07 Å². The van der Waals surface area contributed by atoms with E-state index in [2.05, 4.69) is 163 Å². The number of rotatable bonds is 10. The van der Waals surface area contributed by atoms with Gasteiger partial charge in [0, 0.05) is 23.0 Å². The molecule has 7 aromatic rings. The highest BCUT2D eigenvalue weighted by atomic mass is 16.3. The number of aromatic nitrogens is 2. The maximum atomic E-state index is 11.0. The van der Waals surface area contributed by atoms with E-state index in [1.807, 2.05) is 36.5 Å². The Morgan fingerprint density at radius 3 is 1.82 bits per heavy atom. The summed E-state index contributed by atoms with van der Waals surface area (Å²) in [6.45, 7) is 15.9. The molecule has 1 N–H and O–H groups in total. The molecule has 0 radical (unpaired) electrons. The summed E-state index contributed by atoms with van der Waals surface area (Å²) in [5, 5.41) is 11.0. The number of phenols is 1. The summed E-state index contributed by atoms with van der Waals surface area (Å²) in [5.74, 6) is 1.55. The van der Waals surface area contributed by atoms with Crippen LogP contribution in [0.3, 0.4) is 0 Å². The third-order valence-electron chi connectivity index (χ3n) is 10.3. The number of benzene rings is 5. The van der Waals surface area contributed by atoms with Crippen molar-refractivity contribution in [2.45, 2.75) is 72.1 Å². The van der Waals surface area contributed by atoms with Crippen LogP contribution in [0, 0.1) is 0 Å². The zero-order valence-corrected chi connectivity index (χ0v) is 33.1. The maximum absolute atomic E-state index is 11.0. The van der Waals surface area contributed by atoms with E-state index in [-0.39, 0.29) is 23.0 Å². The van der Waals surface area contributed by atoms with Gasteiger partial charge >= 0.3 is 0 Å². The van der Waals surface area contributed by atoms with Crippen LogP contribution in [-0.4, -0.2) is 15.1 Å². The van der Waals surface area contributed by atoms with Crippen LogP contribution >= 0.6 is 0 Å². The minimum Gasteiger partial charge on any atom is -0.507 e. The van der Waals surface area contributed by atoms with E-state index < -0.39 is 0 Å². The number of phenolic OH excluding ortho intramolecular Hbond substituents is 1. The van der Waals surface area contributed by atoms with E-state index in [0.29, 0.717) is 5.56 Å². The molecule has 0 spiro atoms. The van der Waals surface area contributed by atoms with Gasteiger partial charge < -0.3 is 5.11 Å². The first-order chi connectivity index (χ1) is 26.5. The minimum absolute atomic E-state index is 0.165. The zero-order chi connectivity index (χ0) is 38.7. The molecule has 0 saturated heterocycles. The third-order valence-corrected chi connectivity index (χ3v) is 10.3. The van der Waals surface area contributed by atoms with Crippen LogP contribution in [0.15, 0.2) is 152 Å². The number of aromatic hydroxyl groups is 1. The molecule has 0 saturated carbocycles. The van der Waals surface area contributed by atoms with E-state index in [4.69, 9.17) is 9.97 Å². The summed E-state index contributed by atoms with van der Waals surface area (Å²) in [7, 11) is 0. The van der Waals surface area contributed by atoms with Crippen molar-refractivity contribution >= 4 is 17.2 Å². The SMILES string of the molecule is CC(C)c1cc(-c2ccccc2)cc(C(C)C)c1N(c1cc(-c2cc(Cc3ccccc3)cc(-c3ccccc3O)n2)cc(C(C)(C)C)c1)c1ccccn1. The van der Waals surface area contributed by atoms with Crippen molar-refractivity contribution in [3.8, 4) is 39.4 Å². The molecular formula is C51H51N3O. The lowest BCUT2D eigenvalue weighted by molar-refractivity contribution is 0.477. The molecule has 0 aliphatic heterocycles. The molecule has 7 rings (SSSR count). The summed E-state index contributed by atoms with van der Waals surface area (Å²) >= 11 is 0. The topological polar surface area (TPSA) is 49.2 Å². The monoisotopic (exact) mass is 721 g/mol. The Kier molecular flexibility index (Phi) is 10.7. The fraction of sp³-hybridized carbons (Fsp3) is 0.216. The highest BCUT2D eigenvalue weighted by molar-refractivity contribution is 5.85. The van der Waals surface area contributed by atoms with Crippen molar-refractivity contribution in [3.05, 3.63) is 180 Å². The smallest absolute Gasteiger partial charge is 0.137 e. The van der Waals surface area contributed by atoms with Gasteiger partial charge in [0.2, 0.25) is 0 Å². The van der Waals surface area contributed by atoms with Crippen molar-refractivity contribution in [1.82, 2.24) is 9.97 Å². The summed E-state index contributed by atoms with van der Waals surface area (Å²) in [6, 6.07) is 50.8. The number of hydrogen-bond donors (Lipinski definition) is 1. The lowest BCUT2D eigenvalue weighted by atomic mass is 9.84. The largest absolute Gasteiger partial charge is 0.507 e.